The van der Waals surface area contributed by atoms with Crippen LogP contribution in [0.5, 0.6) is 0 Å². The van der Waals surface area contributed by atoms with Gasteiger partial charge in [0.05, 0.1) is 0 Å². The second-order valence-corrected chi connectivity index (χ2v) is 7.92. The van der Waals surface area contributed by atoms with Crippen LogP contribution in [0, 0.1) is 5.82 Å². The van der Waals surface area contributed by atoms with E-state index in [9.17, 15) is 4.39 Å². The van der Waals surface area contributed by atoms with Crippen LogP contribution in [0.4, 0.5) is 4.39 Å². The molecule has 5 nitrogen and oxygen atoms in total. The lowest BCUT2D eigenvalue weighted by molar-refractivity contribution is 0.107. The topological polar surface area (TPSA) is 42.9 Å². The highest BCUT2D eigenvalue weighted by molar-refractivity contribution is 5.79. The summed E-state index contributed by atoms with van der Waals surface area (Å²) in [4.78, 5) is 9.41. The van der Waals surface area contributed by atoms with Gasteiger partial charge in [-0.15, -0.1) is 0 Å². The minimum absolute atomic E-state index is 0.0574. The molecular formula is C21H34FN5. The Kier molecular flexibility index (Phi) is 6.71. The molecule has 6 heteroatoms. The van der Waals surface area contributed by atoms with E-state index in [1.54, 1.807) is 12.1 Å². The molecule has 1 aliphatic carbocycles. The van der Waals surface area contributed by atoms with E-state index in [4.69, 9.17) is 0 Å². The van der Waals surface area contributed by atoms with Crippen LogP contribution in [0.25, 0.3) is 0 Å². The summed E-state index contributed by atoms with van der Waals surface area (Å²) in [5, 5.41) is 6.92. The molecule has 1 aromatic rings. The van der Waals surface area contributed by atoms with E-state index in [1.165, 1.54) is 6.07 Å². The smallest absolute Gasteiger partial charge is 0.191 e. The second-order valence-electron chi connectivity index (χ2n) is 7.92. The first-order chi connectivity index (χ1) is 13.1. The fraction of sp³-hybridized carbons (Fsp3) is 0.667. The first-order valence-corrected chi connectivity index (χ1v) is 10.2. The molecule has 1 heterocycles. The van der Waals surface area contributed by atoms with Gasteiger partial charge in [-0.1, -0.05) is 19.1 Å². The molecule has 150 valence electrons. The Morgan fingerprint density at radius 2 is 1.96 bits per heavy atom. The van der Waals surface area contributed by atoms with Crippen molar-refractivity contribution in [3.8, 4) is 0 Å². The summed E-state index contributed by atoms with van der Waals surface area (Å²) in [5.41, 5.74) is 1.15. The van der Waals surface area contributed by atoms with Crippen LogP contribution >= 0.6 is 0 Å². The third kappa shape index (κ3) is 5.20. The maximum atomic E-state index is 13.6. The largest absolute Gasteiger partial charge is 0.356 e. The zero-order valence-corrected chi connectivity index (χ0v) is 17.0. The van der Waals surface area contributed by atoms with Crippen LogP contribution in [0.15, 0.2) is 29.3 Å². The van der Waals surface area contributed by atoms with E-state index in [1.807, 2.05) is 13.1 Å². The number of aliphatic imine (C=N–C) groups is 1. The first-order valence-electron chi connectivity index (χ1n) is 10.2. The zero-order chi connectivity index (χ0) is 19.3. The minimum Gasteiger partial charge on any atom is -0.356 e. The van der Waals surface area contributed by atoms with Crippen molar-refractivity contribution in [2.45, 2.75) is 38.1 Å². The van der Waals surface area contributed by atoms with Gasteiger partial charge >= 0.3 is 0 Å². The highest BCUT2D eigenvalue weighted by atomic mass is 19.1. The fourth-order valence-corrected chi connectivity index (χ4v) is 3.90. The quantitative estimate of drug-likeness (QED) is 0.565. The Labute approximate surface area is 163 Å². The van der Waals surface area contributed by atoms with Gasteiger partial charge in [0.15, 0.2) is 5.96 Å². The van der Waals surface area contributed by atoms with E-state index in [2.05, 4.69) is 39.3 Å². The fourth-order valence-electron chi connectivity index (χ4n) is 3.90. The van der Waals surface area contributed by atoms with Crippen molar-refractivity contribution in [2.75, 3.05) is 52.9 Å². The molecule has 27 heavy (non-hydrogen) atoms. The third-order valence-corrected chi connectivity index (χ3v) is 6.15. The molecule has 0 spiro atoms. The number of piperazine rings is 1. The van der Waals surface area contributed by atoms with Gasteiger partial charge in [0.1, 0.15) is 5.82 Å². The number of nitrogens with zero attached hydrogens (tertiary/aromatic N) is 3. The van der Waals surface area contributed by atoms with Crippen LogP contribution in [0.3, 0.4) is 0 Å². The SMILES string of the molecule is CCN1CCN(C(C)CNC(=NC)NCC2(c3cccc(F)c3)CC2)CC1. The third-order valence-electron chi connectivity index (χ3n) is 6.15. The van der Waals surface area contributed by atoms with Crippen LogP contribution in [0.2, 0.25) is 0 Å². The maximum absolute atomic E-state index is 13.6. The number of rotatable bonds is 7. The van der Waals surface area contributed by atoms with Crippen LogP contribution < -0.4 is 10.6 Å². The molecule has 2 fully saturated rings. The van der Waals surface area contributed by atoms with E-state index < -0.39 is 0 Å². The Morgan fingerprint density at radius 3 is 2.56 bits per heavy atom. The molecule has 1 saturated carbocycles. The molecule has 1 unspecified atom stereocenters. The first kappa shape index (κ1) is 20.1. The lowest BCUT2D eigenvalue weighted by Gasteiger charge is -2.37. The molecule has 0 radical (unpaired) electrons. The van der Waals surface area contributed by atoms with Gasteiger partial charge in [0.25, 0.3) is 0 Å². The van der Waals surface area contributed by atoms with Crippen LogP contribution in [-0.4, -0.2) is 74.7 Å². The molecule has 1 atom stereocenters. The number of nitrogens with one attached hydrogen (secondary N) is 2. The van der Waals surface area contributed by atoms with Gasteiger partial charge < -0.3 is 15.5 Å². The number of hydrogen-bond acceptors (Lipinski definition) is 3. The van der Waals surface area contributed by atoms with Crippen molar-refractivity contribution >= 4 is 5.96 Å². The molecule has 0 aromatic heterocycles. The predicted octanol–water partition coefficient (Wildman–Crippen LogP) is 2.05. The molecular weight excluding hydrogens is 341 g/mol. The summed E-state index contributed by atoms with van der Waals surface area (Å²) in [6, 6.07) is 7.49. The molecule has 1 aromatic carbocycles. The Morgan fingerprint density at radius 1 is 1.22 bits per heavy atom. The monoisotopic (exact) mass is 375 g/mol. The highest BCUT2D eigenvalue weighted by Gasteiger charge is 2.44. The van der Waals surface area contributed by atoms with Crippen LogP contribution in [0.1, 0.15) is 32.3 Å². The summed E-state index contributed by atoms with van der Waals surface area (Å²) in [6.45, 7) is 11.9. The average Bonchev–Trinajstić information content (AvgIpc) is 3.49. The van der Waals surface area contributed by atoms with Crippen molar-refractivity contribution in [3.05, 3.63) is 35.6 Å². The second kappa shape index (κ2) is 9.02. The zero-order valence-electron chi connectivity index (χ0n) is 17.0. The minimum atomic E-state index is -0.154. The molecule has 3 rings (SSSR count). The molecule has 2 aliphatic rings. The van der Waals surface area contributed by atoms with Crippen LogP contribution in [-0.2, 0) is 5.41 Å². The number of halogens is 1. The normalized spacial score (nSPS) is 21.7. The maximum Gasteiger partial charge on any atom is 0.191 e. The summed E-state index contributed by atoms with van der Waals surface area (Å²) in [7, 11) is 1.81. The Bertz CT molecular complexity index is 635. The van der Waals surface area contributed by atoms with Gasteiger partial charge in [-0.2, -0.15) is 0 Å². The van der Waals surface area contributed by atoms with E-state index in [0.717, 1.165) is 70.2 Å². The number of guanidine groups is 1. The lowest BCUT2D eigenvalue weighted by atomic mass is 9.96. The predicted molar refractivity (Wildman–Crippen MR) is 110 cm³/mol. The van der Waals surface area contributed by atoms with Gasteiger partial charge in [0, 0.05) is 57.8 Å². The van der Waals surface area contributed by atoms with Gasteiger partial charge in [-0.05, 0) is 44.0 Å². The Hall–Kier alpha value is -1.66. The highest BCUT2D eigenvalue weighted by Crippen LogP contribution is 2.47. The van der Waals surface area contributed by atoms with Crippen molar-refractivity contribution in [1.29, 1.82) is 0 Å². The molecule has 1 saturated heterocycles. The van der Waals surface area contributed by atoms with Gasteiger partial charge in [-0.3, -0.25) is 9.89 Å². The standard InChI is InChI=1S/C21H34FN5/c1-4-26-10-12-27(13-11-26)17(2)15-24-20(23-3)25-16-21(8-9-21)18-6-5-7-19(22)14-18/h5-7,14,17H,4,8-13,15-16H2,1-3H3,(H2,23,24,25). The number of benzene rings is 1. The summed E-state index contributed by atoms with van der Waals surface area (Å²) >= 11 is 0. The van der Waals surface area contributed by atoms with Crippen molar-refractivity contribution in [3.63, 3.8) is 0 Å². The van der Waals surface area contributed by atoms with Crippen molar-refractivity contribution in [1.82, 2.24) is 20.4 Å². The molecule has 2 N–H and O–H groups in total. The van der Waals surface area contributed by atoms with E-state index in [-0.39, 0.29) is 11.2 Å². The van der Waals surface area contributed by atoms with E-state index >= 15 is 0 Å². The average molecular weight is 376 g/mol. The van der Waals surface area contributed by atoms with Gasteiger partial charge in [0.2, 0.25) is 0 Å². The summed E-state index contributed by atoms with van der Waals surface area (Å²) in [6.07, 6.45) is 2.19. The molecule has 0 amide bonds. The van der Waals surface area contributed by atoms with E-state index in [0.29, 0.717) is 6.04 Å². The van der Waals surface area contributed by atoms with Gasteiger partial charge in [-0.25, -0.2) is 4.39 Å². The molecule has 1 aliphatic heterocycles. The number of hydrogen-bond donors (Lipinski definition) is 2. The Balaban J connectivity index is 1.45. The number of likely N-dealkylation sites (N-methyl/N-ethyl adjacent to an activating group) is 1. The lowest BCUT2D eigenvalue weighted by Crippen LogP contribution is -2.53. The van der Waals surface area contributed by atoms with Crippen molar-refractivity contribution < 1.29 is 4.39 Å². The summed E-state index contributed by atoms with van der Waals surface area (Å²) in [5.74, 6) is 0.676. The van der Waals surface area contributed by atoms with Crippen molar-refractivity contribution in [2.24, 2.45) is 4.99 Å². The summed E-state index contributed by atoms with van der Waals surface area (Å²) < 4.78 is 13.6. The molecule has 0 bridgehead atoms.